The second-order valence-electron chi connectivity index (χ2n) is 7.27. The minimum atomic E-state index is -0.585. The molecule has 1 aromatic carbocycles. The number of hydrogen-bond acceptors (Lipinski definition) is 6. The van der Waals surface area contributed by atoms with Crippen LogP contribution in [0.3, 0.4) is 0 Å². The Hall–Kier alpha value is -3.36. The molecule has 0 aliphatic rings. The van der Waals surface area contributed by atoms with Crippen LogP contribution in [0.1, 0.15) is 29.1 Å². The summed E-state index contributed by atoms with van der Waals surface area (Å²) in [6.45, 7) is 3.81. The van der Waals surface area contributed by atoms with E-state index in [4.69, 9.17) is 5.73 Å². The summed E-state index contributed by atoms with van der Waals surface area (Å²) in [5.74, 6) is -0.297. The number of hydrogen-bond donors (Lipinski definition) is 2. The molecule has 0 spiro atoms. The number of anilines is 1. The number of ketones is 1. The van der Waals surface area contributed by atoms with Gasteiger partial charge in [0.05, 0.1) is 28.4 Å². The monoisotopic (exact) mass is 419 g/mol. The summed E-state index contributed by atoms with van der Waals surface area (Å²) in [7, 11) is 0. The molecular formula is C22H21N5O2S. The quantitative estimate of drug-likeness (QED) is 0.465. The minimum Gasteiger partial charge on any atom is -0.325 e. The van der Waals surface area contributed by atoms with E-state index in [1.165, 1.54) is 11.3 Å². The van der Waals surface area contributed by atoms with Crippen LogP contribution < -0.4 is 11.1 Å². The zero-order valence-electron chi connectivity index (χ0n) is 16.6. The van der Waals surface area contributed by atoms with Gasteiger partial charge in [-0.05, 0) is 35.6 Å². The van der Waals surface area contributed by atoms with Gasteiger partial charge in [-0.15, -0.1) is 11.3 Å². The van der Waals surface area contributed by atoms with E-state index >= 15 is 0 Å². The summed E-state index contributed by atoms with van der Waals surface area (Å²) in [4.78, 5) is 30.1. The number of thiophene rings is 1. The molecule has 3 aromatic heterocycles. The molecule has 0 aliphatic heterocycles. The molecule has 0 bridgehead atoms. The van der Waals surface area contributed by atoms with Crippen molar-refractivity contribution in [2.45, 2.75) is 19.9 Å². The van der Waals surface area contributed by atoms with Crippen molar-refractivity contribution >= 4 is 34.4 Å². The van der Waals surface area contributed by atoms with Crippen molar-refractivity contribution < 1.29 is 9.59 Å². The normalized spacial score (nSPS) is 12.3. The number of benzene rings is 1. The maximum absolute atomic E-state index is 12.8. The molecule has 1 amide bonds. The number of carbonyl (C=O) groups is 2. The smallest absolute Gasteiger partial charge is 0.241 e. The maximum Gasteiger partial charge on any atom is 0.241 e. The first-order chi connectivity index (χ1) is 14.5. The van der Waals surface area contributed by atoms with Crippen molar-refractivity contribution in [1.29, 1.82) is 0 Å². The van der Waals surface area contributed by atoms with Gasteiger partial charge in [0.15, 0.2) is 5.65 Å². The van der Waals surface area contributed by atoms with Crippen LogP contribution in [-0.4, -0.2) is 32.3 Å². The van der Waals surface area contributed by atoms with Crippen LogP contribution in [0.2, 0.25) is 0 Å². The lowest BCUT2D eigenvalue weighted by molar-refractivity contribution is -0.118. The molecule has 3 N–H and O–H groups in total. The molecule has 0 radical (unpaired) electrons. The van der Waals surface area contributed by atoms with E-state index in [1.54, 1.807) is 23.0 Å². The number of rotatable bonds is 6. The standard InChI is InChI=1S/C22H21N5O2S/c1-13(2)19(23)22(29)26-15-6-3-5-14(11-15)17-8-9-24-21-16(12-25-27(17)21)20(28)18-7-4-10-30-18/h3-13,19H,23H2,1-2H3,(H,26,29)/t19-/m0/s1. The van der Waals surface area contributed by atoms with E-state index in [0.29, 0.717) is 21.8 Å². The summed E-state index contributed by atoms with van der Waals surface area (Å²) in [5.41, 5.74) is 9.10. The Labute approximate surface area is 177 Å². The van der Waals surface area contributed by atoms with Crippen LogP contribution in [0.25, 0.3) is 16.9 Å². The van der Waals surface area contributed by atoms with Crippen molar-refractivity contribution in [2.24, 2.45) is 11.7 Å². The molecule has 4 rings (SSSR count). The molecule has 0 aliphatic carbocycles. The third-order valence-corrected chi connectivity index (χ3v) is 5.71. The fraction of sp³-hybridized carbons (Fsp3) is 0.182. The van der Waals surface area contributed by atoms with E-state index < -0.39 is 6.04 Å². The second kappa shape index (κ2) is 8.17. The van der Waals surface area contributed by atoms with Crippen LogP contribution in [0, 0.1) is 5.92 Å². The highest BCUT2D eigenvalue weighted by molar-refractivity contribution is 7.12. The van der Waals surface area contributed by atoms with Crippen molar-refractivity contribution in [3.8, 4) is 11.3 Å². The maximum atomic E-state index is 12.8. The van der Waals surface area contributed by atoms with Crippen LogP contribution >= 0.6 is 11.3 Å². The van der Waals surface area contributed by atoms with E-state index in [1.807, 2.05) is 55.6 Å². The average molecular weight is 420 g/mol. The Morgan fingerprint density at radius 1 is 1.17 bits per heavy atom. The number of amides is 1. The van der Waals surface area contributed by atoms with E-state index in [0.717, 1.165) is 11.3 Å². The fourth-order valence-electron chi connectivity index (χ4n) is 3.10. The van der Waals surface area contributed by atoms with Crippen LogP contribution in [-0.2, 0) is 4.79 Å². The average Bonchev–Trinajstić information content (AvgIpc) is 3.42. The van der Waals surface area contributed by atoms with E-state index in [-0.39, 0.29) is 17.6 Å². The van der Waals surface area contributed by atoms with Crippen LogP contribution in [0.15, 0.2) is 60.2 Å². The Kier molecular flexibility index (Phi) is 5.43. The van der Waals surface area contributed by atoms with Gasteiger partial charge in [0.2, 0.25) is 11.7 Å². The van der Waals surface area contributed by atoms with Gasteiger partial charge < -0.3 is 11.1 Å². The van der Waals surface area contributed by atoms with Gasteiger partial charge in [0, 0.05) is 17.4 Å². The lowest BCUT2D eigenvalue weighted by Crippen LogP contribution is -2.39. The molecule has 7 nitrogen and oxygen atoms in total. The Morgan fingerprint density at radius 3 is 2.73 bits per heavy atom. The Bertz CT molecular complexity index is 1210. The molecule has 30 heavy (non-hydrogen) atoms. The number of nitrogens with one attached hydrogen (secondary N) is 1. The number of nitrogens with zero attached hydrogens (tertiary/aromatic N) is 3. The van der Waals surface area contributed by atoms with Crippen LogP contribution in [0.5, 0.6) is 0 Å². The number of fused-ring (bicyclic) bond motifs is 1. The van der Waals surface area contributed by atoms with E-state index in [2.05, 4.69) is 15.4 Å². The lowest BCUT2D eigenvalue weighted by atomic mass is 10.0. The second-order valence-corrected chi connectivity index (χ2v) is 8.22. The van der Waals surface area contributed by atoms with Gasteiger partial charge in [0.1, 0.15) is 0 Å². The van der Waals surface area contributed by atoms with Gasteiger partial charge in [0.25, 0.3) is 0 Å². The van der Waals surface area contributed by atoms with Gasteiger partial charge in [-0.3, -0.25) is 9.59 Å². The highest BCUT2D eigenvalue weighted by atomic mass is 32.1. The first-order valence-electron chi connectivity index (χ1n) is 9.53. The Balaban J connectivity index is 1.69. The minimum absolute atomic E-state index is 0.0383. The first kappa shape index (κ1) is 19.9. The molecule has 8 heteroatoms. The molecule has 4 aromatic rings. The Morgan fingerprint density at radius 2 is 2.00 bits per heavy atom. The van der Waals surface area contributed by atoms with Crippen molar-refractivity contribution in [2.75, 3.05) is 5.32 Å². The summed E-state index contributed by atoms with van der Waals surface area (Å²) < 4.78 is 1.64. The number of nitrogens with two attached hydrogens (primary N) is 1. The zero-order valence-corrected chi connectivity index (χ0v) is 17.4. The van der Waals surface area contributed by atoms with Crippen LogP contribution in [0.4, 0.5) is 5.69 Å². The summed E-state index contributed by atoms with van der Waals surface area (Å²) in [6, 6.07) is 12.3. The molecule has 0 saturated heterocycles. The number of aromatic nitrogens is 3. The van der Waals surface area contributed by atoms with Crippen molar-refractivity contribution in [3.63, 3.8) is 0 Å². The topological polar surface area (TPSA) is 102 Å². The molecule has 1 atom stereocenters. The van der Waals surface area contributed by atoms with Gasteiger partial charge >= 0.3 is 0 Å². The van der Waals surface area contributed by atoms with E-state index in [9.17, 15) is 9.59 Å². The predicted molar refractivity (Wildman–Crippen MR) is 118 cm³/mol. The highest BCUT2D eigenvalue weighted by Gasteiger charge is 2.19. The zero-order chi connectivity index (χ0) is 21.3. The molecule has 3 heterocycles. The van der Waals surface area contributed by atoms with Crippen molar-refractivity contribution in [1.82, 2.24) is 14.6 Å². The fourth-order valence-corrected chi connectivity index (χ4v) is 3.77. The summed E-state index contributed by atoms with van der Waals surface area (Å²) in [5, 5.41) is 9.12. The van der Waals surface area contributed by atoms with Gasteiger partial charge in [-0.25, -0.2) is 9.50 Å². The molecule has 0 saturated carbocycles. The molecule has 0 unspecified atom stereocenters. The SMILES string of the molecule is CC(C)[C@H](N)C(=O)Nc1cccc(-c2ccnc3c(C(=O)c4cccs4)cnn23)c1. The van der Waals surface area contributed by atoms with Gasteiger partial charge in [-0.1, -0.05) is 32.0 Å². The highest BCUT2D eigenvalue weighted by Crippen LogP contribution is 2.25. The molecular weight excluding hydrogens is 398 g/mol. The summed E-state index contributed by atoms with van der Waals surface area (Å²) in [6.07, 6.45) is 3.19. The molecule has 0 fully saturated rings. The van der Waals surface area contributed by atoms with Crippen molar-refractivity contribution in [3.05, 3.63) is 70.7 Å². The third kappa shape index (κ3) is 3.74. The molecule has 152 valence electrons. The third-order valence-electron chi connectivity index (χ3n) is 4.84. The lowest BCUT2D eigenvalue weighted by Gasteiger charge is -2.15. The predicted octanol–water partition coefficient (Wildman–Crippen LogP) is 3.61. The number of carbonyl (C=O) groups excluding carboxylic acids is 2. The van der Waals surface area contributed by atoms with Gasteiger partial charge in [-0.2, -0.15) is 5.10 Å². The summed E-state index contributed by atoms with van der Waals surface area (Å²) >= 11 is 1.39. The first-order valence-corrected chi connectivity index (χ1v) is 10.4. The largest absolute Gasteiger partial charge is 0.325 e.